The predicted molar refractivity (Wildman–Crippen MR) is 71.0 cm³/mol. The second kappa shape index (κ2) is 5.72. The van der Waals surface area contributed by atoms with Gasteiger partial charge < -0.3 is 14.4 Å². The molecule has 1 rings (SSSR count). The molecule has 0 spiro atoms. The van der Waals surface area contributed by atoms with E-state index in [2.05, 4.69) is 24.8 Å². The van der Waals surface area contributed by atoms with Gasteiger partial charge in [-0.25, -0.2) is 0 Å². The third-order valence-corrected chi connectivity index (χ3v) is 2.72. The maximum atomic E-state index is 8.50. The van der Waals surface area contributed by atoms with Crippen molar-refractivity contribution in [3.63, 3.8) is 0 Å². The van der Waals surface area contributed by atoms with Gasteiger partial charge in [-0.3, -0.25) is 0 Å². The van der Waals surface area contributed by atoms with E-state index in [0.29, 0.717) is 12.4 Å². The Bertz CT molecular complexity index is 399. The van der Waals surface area contributed by atoms with Crippen LogP contribution in [0.4, 0.5) is 0 Å². The molecule has 0 aliphatic rings. The van der Waals surface area contributed by atoms with Crippen molar-refractivity contribution in [3.8, 4) is 11.5 Å². The van der Waals surface area contributed by atoms with Gasteiger partial charge in [0.1, 0.15) is 5.75 Å². The highest BCUT2D eigenvalue weighted by atomic mass is 28.4. The van der Waals surface area contributed by atoms with Crippen LogP contribution in [0.5, 0.6) is 11.5 Å². The molecule has 94 valence electrons. The van der Waals surface area contributed by atoms with Crippen LogP contribution < -0.4 is 9.16 Å². The van der Waals surface area contributed by atoms with E-state index >= 15 is 0 Å². The maximum absolute atomic E-state index is 8.50. The molecule has 0 radical (unpaired) electrons. The third-order valence-electron chi connectivity index (χ3n) is 1.89. The Morgan fingerprint density at radius 3 is 2.53 bits per heavy atom. The van der Waals surface area contributed by atoms with Crippen LogP contribution in [0.2, 0.25) is 19.6 Å². The zero-order valence-corrected chi connectivity index (χ0v) is 11.7. The predicted octanol–water partition coefficient (Wildman–Crippen LogP) is 3.11. The minimum absolute atomic E-state index is 0.571. The molecule has 0 aliphatic carbocycles. The summed E-state index contributed by atoms with van der Waals surface area (Å²) in [5.74, 6) is 1.44. The Hall–Kier alpha value is -1.49. The number of hydrogen-bond donors (Lipinski definition) is 1. The Kier molecular flexibility index (Phi) is 4.57. The smallest absolute Gasteiger partial charge is 0.242 e. The molecule has 0 aromatic heterocycles. The Morgan fingerprint density at radius 1 is 1.29 bits per heavy atom. The summed E-state index contributed by atoms with van der Waals surface area (Å²) in [4.78, 5) is 0. The molecule has 0 saturated carbocycles. The molecule has 1 aromatic carbocycles. The van der Waals surface area contributed by atoms with Gasteiger partial charge >= 0.3 is 0 Å². The van der Waals surface area contributed by atoms with Crippen LogP contribution in [0.3, 0.4) is 0 Å². The van der Waals surface area contributed by atoms with Gasteiger partial charge in [0.2, 0.25) is 8.32 Å². The molecule has 0 atom stereocenters. The number of nitrogens with zero attached hydrogens (tertiary/aromatic N) is 1. The van der Waals surface area contributed by atoms with Crippen molar-refractivity contribution >= 4 is 14.5 Å². The number of rotatable bonds is 5. The van der Waals surface area contributed by atoms with E-state index in [4.69, 9.17) is 14.4 Å². The number of hydrogen-bond acceptors (Lipinski definition) is 4. The van der Waals surface area contributed by atoms with E-state index in [1.165, 1.54) is 6.21 Å². The van der Waals surface area contributed by atoms with Crippen LogP contribution in [0, 0.1) is 0 Å². The first-order valence-electron chi connectivity index (χ1n) is 5.59. The molecule has 0 amide bonds. The van der Waals surface area contributed by atoms with Crippen molar-refractivity contribution < 1.29 is 14.4 Å². The first kappa shape index (κ1) is 13.6. The van der Waals surface area contributed by atoms with Gasteiger partial charge in [-0.2, -0.15) is 0 Å². The summed E-state index contributed by atoms with van der Waals surface area (Å²) in [6.07, 6.45) is 1.36. The summed E-state index contributed by atoms with van der Waals surface area (Å²) in [5.41, 5.74) is 0.777. The Labute approximate surface area is 103 Å². The SMILES string of the molecule is CCOc1cc(/C=N/O)ccc1O[Si](C)(C)C. The van der Waals surface area contributed by atoms with Gasteiger partial charge in [0, 0.05) is 0 Å². The fraction of sp³-hybridized carbons (Fsp3) is 0.417. The molecule has 0 saturated heterocycles. The molecule has 0 bridgehead atoms. The normalized spacial score (nSPS) is 11.8. The van der Waals surface area contributed by atoms with Crippen molar-refractivity contribution in [2.24, 2.45) is 5.16 Å². The first-order chi connectivity index (χ1) is 7.96. The highest BCUT2D eigenvalue weighted by molar-refractivity contribution is 6.70. The van der Waals surface area contributed by atoms with E-state index in [0.717, 1.165) is 11.3 Å². The van der Waals surface area contributed by atoms with Crippen molar-refractivity contribution in [1.82, 2.24) is 0 Å². The fourth-order valence-electron chi connectivity index (χ4n) is 1.35. The summed E-state index contributed by atoms with van der Waals surface area (Å²) in [6, 6.07) is 5.48. The lowest BCUT2D eigenvalue weighted by Gasteiger charge is -2.21. The lowest BCUT2D eigenvalue weighted by molar-refractivity contribution is 0.321. The van der Waals surface area contributed by atoms with E-state index < -0.39 is 8.32 Å². The lowest BCUT2D eigenvalue weighted by Crippen LogP contribution is -2.29. The topological polar surface area (TPSA) is 51.0 Å². The minimum Gasteiger partial charge on any atom is -0.542 e. The minimum atomic E-state index is -1.66. The van der Waals surface area contributed by atoms with E-state index in [1.54, 1.807) is 6.07 Å². The first-order valence-corrected chi connectivity index (χ1v) is 9.00. The van der Waals surface area contributed by atoms with Crippen LogP contribution in [-0.2, 0) is 0 Å². The molecule has 1 aromatic rings. The van der Waals surface area contributed by atoms with E-state index in [1.807, 2.05) is 19.1 Å². The number of oxime groups is 1. The Balaban J connectivity index is 3.03. The summed E-state index contributed by atoms with van der Waals surface area (Å²) in [6.45, 7) is 8.84. The van der Waals surface area contributed by atoms with Gasteiger partial charge in [-0.15, -0.1) is 0 Å². The molecule has 17 heavy (non-hydrogen) atoms. The molecule has 0 aliphatic heterocycles. The zero-order valence-electron chi connectivity index (χ0n) is 10.7. The summed E-state index contributed by atoms with van der Waals surface area (Å²) in [5, 5.41) is 11.5. The number of benzene rings is 1. The van der Waals surface area contributed by atoms with E-state index in [-0.39, 0.29) is 0 Å². The molecule has 5 heteroatoms. The maximum Gasteiger partial charge on any atom is 0.242 e. The van der Waals surface area contributed by atoms with Crippen LogP contribution >= 0.6 is 0 Å². The standard InChI is InChI=1S/C12H19NO3Si/c1-5-15-12-8-10(9-13-14)6-7-11(12)16-17(2,3)4/h6-9,14H,5H2,1-4H3/b13-9+. The second-order valence-electron chi connectivity index (χ2n) is 4.60. The highest BCUT2D eigenvalue weighted by Crippen LogP contribution is 2.30. The van der Waals surface area contributed by atoms with Crippen LogP contribution in [0.1, 0.15) is 12.5 Å². The highest BCUT2D eigenvalue weighted by Gasteiger charge is 2.18. The monoisotopic (exact) mass is 253 g/mol. The van der Waals surface area contributed by atoms with Gasteiger partial charge in [-0.1, -0.05) is 5.16 Å². The molecular formula is C12H19NO3Si. The Morgan fingerprint density at radius 2 is 2.00 bits per heavy atom. The van der Waals surface area contributed by atoms with Gasteiger partial charge in [0.05, 0.1) is 12.8 Å². The van der Waals surface area contributed by atoms with Gasteiger partial charge in [-0.05, 0) is 50.3 Å². The summed E-state index contributed by atoms with van der Waals surface area (Å²) < 4.78 is 11.4. The van der Waals surface area contributed by atoms with Crippen LogP contribution in [-0.4, -0.2) is 26.3 Å². The van der Waals surface area contributed by atoms with Crippen LogP contribution in [0.15, 0.2) is 23.4 Å². The van der Waals surface area contributed by atoms with Crippen molar-refractivity contribution in [2.75, 3.05) is 6.61 Å². The van der Waals surface area contributed by atoms with Gasteiger partial charge in [0.25, 0.3) is 0 Å². The summed E-state index contributed by atoms with van der Waals surface area (Å²) >= 11 is 0. The molecule has 0 unspecified atom stereocenters. The van der Waals surface area contributed by atoms with Crippen molar-refractivity contribution in [2.45, 2.75) is 26.6 Å². The van der Waals surface area contributed by atoms with Crippen molar-refractivity contribution in [3.05, 3.63) is 23.8 Å². The fourth-order valence-corrected chi connectivity index (χ4v) is 2.18. The molecule has 4 nitrogen and oxygen atoms in total. The molecule has 1 N–H and O–H groups in total. The largest absolute Gasteiger partial charge is 0.542 e. The average molecular weight is 253 g/mol. The third kappa shape index (κ3) is 4.48. The molecule has 0 fully saturated rings. The number of ether oxygens (including phenoxy) is 1. The van der Waals surface area contributed by atoms with Crippen LogP contribution in [0.25, 0.3) is 0 Å². The molecular weight excluding hydrogens is 234 g/mol. The molecule has 0 heterocycles. The average Bonchev–Trinajstić information content (AvgIpc) is 2.21. The lowest BCUT2D eigenvalue weighted by atomic mass is 10.2. The quantitative estimate of drug-likeness (QED) is 0.380. The van der Waals surface area contributed by atoms with E-state index in [9.17, 15) is 0 Å². The summed E-state index contributed by atoms with van der Waals surface area (Å²) in [7, 11) is -1.66. The van der Waals surface area contributed by atoms with Gasteiger partial charge in [0.15, 0.2) is 5.75 Å². The second-order valence-corrected chi connectivity index (χ2v) is 9.03. The van der Waals surface area contributed by atoms with Crippen molar-refractivity contribution in [1.29, 1.82) is 0 Å². The zero-order chi connectivity index (χ0) is 12.9.